The SMILES string of the molecule is C=Cc1[c]ccc(N(C)C)c1. The molecule has 0 saturated carbocycles. The van der Waals surface area contributed by atoms with Crippen molar-refractivity contribution in [2.45, 2.75) is 0 Å². The van der Waals surface area contributed by atoms with Crippen LogP contribution in [0.5, 0.6) is 0 Å². The van der Waals surface area contributed by atoms with Gasteiger partial charge in [-0.3, -0.25) is 0 Å². The number of hydrogen-bond donors (Lipinski definition) is 0. The molecule has 0 aliphatic rings. The van der Waals surface area contributed by atoms with Crippen molar-refractivity contribution in [2.24, 2.45) is 0 Å². The minimum absolute atomic E-state index is 1.04. The maximum atomic E-state index is 3.68. The molecule has 0 heterocycles. The van der Waals surface area contributed by atoms with Gasteiger partial charge < -0.3 is 4.90 Å². The summed E-state index contributed by atoms with van der Waals surface area (Å²) in [6, 6.07) is 9.05. The van der Waals surface area contributed by atoms with Crippen molar-refractivity contribution in [3.63, 3.8) is 0 Å². The van der Waals surface area contributed by atoms with Gasteiger partial charge in [0.2, 0.25) is 0 Å². The molecule has 0 spiro atoms. The van der Waals surface area contributed by atoms with Gasteiger partial charge in [-0.15, -0.1) is 0 Å². The van der Waals surface area contributed by atoms with Gasteiger partial charge in [-0.05, 0) is 23.8 Å². The molecule has 0 N–H and O–H groups in total. The van der Waals surface area contributed by atoms with E-state index in [1.807, 2.05) is 32.3 Å². The summed E-state index contributed by atoms with van der Waals surface area (Å²) in [5.41, 5.74) is 2.22. The first-order chi connectivity index (χ1) is 5.24. The smallest absolute Gasteiger partial charge is 0.0367 e. The van der Waals surface area contributed by atoms with Crippen LogP contribution in [0.2, 0.25) is 0 Å². The van der Waals surface area contributed by atoms with E-state index in [4.69, 9.17) is 0 Å². The Morgan fingerprint density at radius 1 is 1.55 bits per heavy atom. The summed E-state index contributed by atoms with van der Waals surface area (Å²) in [5, 5.41) is 0. The third-order valence-electron chi connectivity index (χ3n) is 1.54. The molecule has 57 valence electrons. The Balaban J connectivity index is 3.00. The Kier molecular flexibility index (Phi) is 2.32. The fraction of sp³-hybridized carbons (Fsp3) is 0.200. The Hall–Kier alpha value is -1.24. The predicted octanol–water partition coefficient (Wildman–Crippen LogP) is 2.20. The normalized spacial score (nSPS) is 9.27. The molecule has 1 aromatic rings. The molecule has 0 amide bonds. The monoisotopic (exact) mass is 146 g/mol. The molecule has 0 atom stereocenters. The number of rotatable bonds is 2. The van der Waals surface area contributed by atoms with E-state index in [1.54, 1.807) is 6.08 Å². The van der Waals surface area contributed by atoms with Crippen LogP contribution in [-0.4, -0.2) is 14.1 Å². The first-order valence-corrected chi connectivity index (χ1v) is 3.55. The Morgan fingerprint density at radius 2 is 2.27 bits per heavy atom. The summed E-state index contributed by atoms with van der Waals surface area (Å²) < 4.78 is 0. The summed E-state index contributed by atoms with van der Waals surface area (Å²) in [5.74, 6) is 0. The van der Waals surface area contributed by atoms with E-state index in [-0.39, 0.29) is 0 Å². The summed E-state index contributed by atoms with van der Waals surface area (Å²) in [7, 11) is 4.03. The topological polar surface area (TPSA) is 3.24 Å². The first-order valence-electron chi connectivity index (χ1n) is 3.55. The second-order valence-electron chi connectivity index (χ2n) is 2.60. The van der Waals surface area contributed by atoms with E-state index < -0.39 is 0 Å². The molecular weight excluding hydrogens is 134 g/mol. The van der Waals surface area contributed by atoms with E-state index in [0.29, 0.717) is 0 Å². The fourth-order valence-corrected chi connectivity index (χ4v) is 0.868. The molecule has 1 nitrogen and oxygen atoms in total. The summed E-state index contributed by atoms with van der Waals surface area (Å²) >= 11 is 0. The summed E-state index contributed by atoms with van der Waals surface area (Å²) in [6.07, 6.45) is 1.80. The number of benzene rings is 1. The van der Waals surface area contributed by atoms with Crippen molar-refractivity contribution in [1.82, 2.24) is 0 Å². The lowest BCUT2D eigenvalue weighted by atomic mass is 10.2. The van der Waals surface area contributed by atoms with Crippen molar-refractivity contribution in [3.05, 3.63) is 36.4 Å². The quantitative estimate of drug-likeness (QED) is 0.618. The average molecular weight is 146 g/mol. The van der Waals surface area contributed by atoms with Crippen molar-refractivity contribution in [2.75, 3.05) is 19.0 Å². The molecule has 1 aromatic carbocycles. The molecule has 0 aliphatic heterocycles. The number of nitrogens with zero attached hydrogens (tertiary/aromatic N) is 1. The van der Waals surface area contributed by atoms with Crippen LogP contribution in [0.15, 0.2) is 24.8 Å². The van der Waals surface area contributed by atoms with Crippen molar-refractivity contribution >= 4 is 11.8 Å². The van der Waals surface area contributed by atoms with Gasteiger partial charge >= 0.3 is 0 Å². The van der Waals surface area contributed by atoms with E-state index in [1.165, 1.54) is 5.69 Å². The average Bonchev–Trinajstić information content (AvgIpc) is 2.05. The zero-order chi connectivity index (χ0) is 8.27. The molecule has 0 bridgehead atoms. The highest BCUT2D eigenvalue weighted by Crippen LogP contribution is 2.12. The van der Waals surface area contributed by atoms with Gasteiger partial charge in [-0.1, -0.05) is 18.7 Å². The van der Waals surface area contributed by atoms with Crippen LogP contribution in [0.1, 0.15) is 5.56 Å². The minimum atomic E-state index is 1.04. The predicted molar refractivity (Wildman–Crippen MR) is 49.7 cm³/mol. The molecule has 0 aromatic heterocycles. The third-order valence-corrected chi connectivity index (χ3v) is 1.54. The molecule has 1 heteroatoms. The Morgan fingerprint density at radius 3 is 2.82 bits per heavy atom. The van der Waals surface area contributed by atoms with Crippen LogP contribution < -0.4 is 4.90 Å². The molecule has 0 fully saturated rings. The number of hydrogen-bond acceptors (Lipinski definition) is 1. The molecule has 0 aliphatic carbocycles. The maximum Gasteiger partial charge on any atom is 0.0367 e. The molecule has 0 saturated heterocycles. The fourth-order valence-electron chi connectivity index (χ4n) is 0.868. The molecule has 1 radical (unpaired) electrons. The van der Waals surface area contributed by atoms with Crippen molar-refractivity contribution in [3.8, 4) is 0 Å². The Bertz CT molecular complexity index is 251. The standard InChI is InChI=1S/C10H12N/c1-4-9-6-5-7-10(8-9)11(2)3/h4-5,7-8H,1H2,2-3H3. The van der Waals surface area contributed by atoms with Gasteiger partial charge in [0.05, 0.1) is 0 Å². The van der Waals surface area contributed by atoms with Crippen LogP contribution >= 0.6 is 0 Å². The number of anilines is 1. The Labute approximate surface area is 68.0 Å². The summed E-state index contributed by atoms with van der Waals surface area (Å²) in [6.45, 7) is 3.68. The maximum absolute atomic E-state index is 3.68. The van der Waals surface area contributed by atoms with Gasteiger partial charge in [-0.2, -0.15) is 0 Å². The lowest BCUT2D eigenvalue weighted by molar-refractivity contribution is 1.13. The van der Waals surface area contributed by atoms with E-state index >= 15 is 0 Å². The van der Waals surface area contributed by atoms with Gasteiger partial charge in [0, 0.05) is 19.8 Å². The highest BCUT2D eigenvalue weighted by molar-refractivity contribution is 5.56. The lowest BCUT2D eigenvalue weighted by Gasteiger charge is -2.11. The van der Waals surface area contributed by atoms with Crippen LogP contribution in [0.4, 0.5) is 5.69 Å². The van der Waals surface area contributed by atoms with E-state index in [9.17, 15) is 0 Å². The van der Waals surface area contributed by atoms with E-state index in [0.717, 1.165) is 5.56 Å². The molecule has 11 heavy (non-hydrogen) atoms. The van der Waals surface area contributed by atoms with Gasteiger partial charge in [0.25, 0.3) is 0 Å². The minimum Gasteiger partial charge on any atom is -0.378 e. The van der Waals surface area contributed by atoms with Crippen LogP contribution in [0, 0.1) is 6.07 Å². The summed E-state index contributed by atoms with van der Waals surface area (Å²) in [4.78, 5) is 2.06. The molecule has 1 rings (SSSR count). The van der Waals surface area contributed by atoms with Crippen molar-refractivity contribution < 1.29 is 0 Å². The first kappa shape index (κ1) is 7.86. The van der Waals surface area contributed by atoms with E-state index in [2.05, 4.69) is 17.5 Å². The van der Waals surface area contributed by atoms with Crippen LogP contribution in [0.3, 0.4) is 0 Å². The zero-order valence-electron chi connectivity index (χ0n) is 6.96. The highest BCUT2D eigenvalue weighted by Gasteiger charge is 1.93. The highest BCUT2D eigenvalue weighted by atomic mass is 15.1. The van der Waals surface area contributed by atoms with Gasteiger partial charge in [0.1, 0.15) is 0 Å². The van der Waals surface area contributed by atoms with Gasteiger partial charge in [-0.25, -0.2) is 0 Å². The lowest BCUT2D eigenvalue weighted by Crippen LogP contribution is -2.08. The third kappa shape index (κ3) is 1.84. The second-order valence-corrected chi connectivity index (χ2v) is 2.60. The van der Waals surface area contributed by atoms with Crippen LogP contribution in [-0.2, 0) is 0 Å². The molecular formula is C10H12N. The molecule has 0 unspecified atom stereocenters. The van der Waals surface area contributed by atoms with Crippen molar-refractivity contribution in [1.29, 1.82) is 0 Å². The largest absolute Gasteiger partial charge is 0.378 e. The van der Waals surface area contributed by atoms with Crippen LogP contribution in [0.25, 0.3) is 6.08 Å². The second kappa shape index (κ2) is 3.24. The van der Waals surface area contributed by atoms with Gasteiger partial charge in [0.15, 0.2) is 0 Å². The zero-order valence-corrected chi connectivity index (χ0v) is 6.96.